The number of benzene rings is 1. The number of nitrogens with zero attached hydrogens (tertiary/aromatic N) is 2. The summed E-state index contributed by atoms with van der Waals surface area (Å²) < 4.78 is 6.45. The maximum atomic E-state index is 12.7. The zero-order valence-corrected chi connectivity index (χ0v) is 20.4. The van der Waals surface area contributed by atoms with Crippen LogP contribution in [-0.4, -0.2) is 34.5 Å². The number of anilines is 2. The van der Waals surface area contributed by atoms with Gasteiger partial charge in [0.15, 0.2) is 4.34 Å². The highest BCUT2D eigenvalue weighted by Gasteiger charge is 2.53. The second-order valence-corrected chi connectivity index (χ2v) is 12.0. The van der Waals surface area contributed by atoms with Gasteiger partial charge >= 0.3 is 0 Å². The molecule has 4 aliphatic carbocycles. The van der Waals surface area contributed by atoms with Crippen molar-refractivity contribution in [3.8, 4) is 5.75 Å². The zero-order valence-electron chi connectivity index (χ0n) is 18.8. The summed E-state index contributed by atoms with van der Waals surface area (Å²) in [7, 11) is 0. The lowest BCUT2D eigenvalue weighted by atomic mass is 9.48. The first-order valence-corrected chi connectivity index (χ1v) is 13.6. The standard InChI is InChI=1S/C24H32N4O2S2/c1-3-30-20-7-5-4-6-19(20)26-22-27-28-23(32-22)31-14-21(29)25-15(2)24-11-16-8-17(12-24)10-18(9-16)13-24/h4-7,15-18H,3,8-14H2,1-2H3,(H,25,29)(H,26,27)/t15-,16?,17?,18?,24?/m0/s1. The van der Waals surface area contributed by atoms with E-state index in [2.05, 4.69) is 27.8 Å². The third-order valence-electron chi connectivity index (χ3n) is 7.54. The first-order chi connectivity index (χ1) is 15.5. The number of aromatic nitrogens is 2. The second kappa shape index (κ2) is 9.21. The molecule has 0 unspecified atom stereocenters. The fourth-order valence-electron chi connectivity index (χ4n) is 6.56. The molecule has 172 valence electrons. The van der Waals surface area contributed by atoms with Crippen LogP contribution >= 0.6 is 23.1 Å². The van der Waals surface area contributed by atoms with Gasteiger partial charge in [0.05, 0.1) is 18.0 Å². The summed E-state index contributed by atoms with van der Waals surface area (Å²) in [5.74, 6) is 3.96. The summed E-state index contributed by atoms with van der Waals surface area (Å²) in [6.07, 6.45) is 8.21. The molecule has 4 bridgehead atoms. The molecule has 4 aliphatic rings. The molecule has 4 fully saturated rings. The third kappa shape index (κ3) is 4.62. The highest BCUT2D eigenvalue weighted by atomic mass is 32.2. The molecule has 2 aromatic rings. The van der Waals surface area contributed by atoms with E-state index in [1.165, 1.54) is 61.6 Å². The molecule has 1 amide bonds. The van der Waals surface area contributed by atoms with E-state index < -0.39 is 0 Å². The van der Waals surface area contributed by atoms with Crippen molar-refractivity contribution in [2.45, 2.75) is 62.8 Å². The van der Waals surface area contributed by atoms with Gasteiger partial charge in [-0.1, -0.05) is 35.2 Å². The zero-order chi connectivity index (χ0) is 22.1. The molecular weight excluding hydrogens is 440 g/mol. The summed E-state index contributed by atoms with van der Waals surface area (Å²) >= 11 is 2.91. The van der Waals surface area contributed by atoms with Gasteiger partial charge in [-0.05, 0) is 87.7 Å². The lowest BCUT2D eigenvalue weighted by molar-refractivity contribution is -0.123. The topological polar surface area (TPSA) is 76.1 Å². The highest BCUT2D eigenvalue weighted by Crippen LogP contribution is 2.61. The van der Waals surface area contributed by atoms with Crippen LogP contribution < -0.4 is 15.4 Å². The Hall–Kier alpha value is -1.80. The van der Waals surface area contributed by atoms with Gasteiger partial charge in [0, 0.05) is 6.04 Å². The van der Waals surface area contributed by atoms with Crippen molar-refractivity contribution in [2.24, 2.45) is 23.2 Å². The summed E-state index contributed by atoms with van der Waals surface area (Å²) in [4.78, 5) is 12.7. The van der Waals surface area contributed by atoms with Crippen molar-refractivity contribution in [1.82, 2.24) is 15.5 Å². The van der Waals surface area contributed by atoms with Crippen LogP contribution in [-0.2, 0) is 4.79 Å². The van der Waals surface area contributed by atoms with E-state index in [9.17, 15) is 4.79 Å². The van der Waals surface area contributed by atoms with Gasteiger partial charge in [0.2, 0.25) is 11.0 Å². The van der Waals surface area contributed by atoms with Gasteiger partial charge in [-0.3, -0.25) is 4.79 Å². The molecule has 0 saturated heterocycles. The summed E-state index contributed by atoms with van der Waals surface area (Å²) in [5.41, 5.74) is 1.20. The largest absolute Gasteiger partial charge is 0.492 e. The van der Waals surface area contributed by atoms with E-state index >= 15 is 0 Å². The molecule has 2 N–H and O–H groups in total. The second-order valence-electron chi connectivity index (χ2n) is 9.79. The number of amides is 1. The number of nitrogens with one attached hydrogen (secondary N) is 2. The van der Waals surface area contributed by atoms with E-state index in [1.807, 2.05) is 31.2 Å². The SMILES string of the molecule is CCOc1ccccc1Nc1nnc(SCC(=O)N[C@@H](C)C23CC4CC(CC(C4)C2)C3)s1. The van der Waals surface area contributed by atoms with E-state index in [4.69, 9.17) is 4.74 Å². The van der Waals surface area contributed by atoms with Crippen LogP contribution in [0.25, 0.3) is 0 Å². The molecule has 6 rings (SSSR count). The average molecular weight is 473 g/mol. The van der Waals surface area contributed by atoms with Gasteiger partial charge in [-0.15, -0.1) is 10.2 Å². The Kier molecular flexibility index (Phi) is 6.34. The van der Waals surface area contributed by atoms with E-state index in [-0.39, 0.29) is 11.9 Å². The smallest absolute Gasteiger partial charge is 0.230 e. The van der Waals surface area contributed by atoms with Gasteiger partial charge in [-0.25, -0.2) is 0 Å². The fraction of sp³-hybridized carbons (Fsp3) is 0.625. The third-order valence-corrected chi connectivity index (χ3v) is 9.52. The van der Waals surface area contributed by atoms with Crippen molar-refractivity contribution in [3.63, 3.8) is 0 Å². The average Bonchev–Trinajstić information content (AvgIpc) is 3.20. The quantitative estimate of drug-likeness (QED) is 0.470. The number of hydrogen-bond donors (Lipinski definition) is 2. The van der Waals surface area contributed by atoms with Crippen LogP contribution in [0, 0.1) is 23.2 Å². The first-order valence-electron chi connectivity index (χ1n) is 11.8. The van der Waals surface area contributed by atoms with Crippen molar-refractivity contribution in [2.75, 3.05) is 17.7 Å². The molecule has 1 aromatic heterocycles. The minimum atomic E-state index is 0.102. The van der Waals surface area contributed by atoms with Crippen molar-refractivity contribution >= 4 is 39.8 Å². The number of para-hydroxylation sites is 2. The first kappa shape index (κ1) is 22.0. The molecule has 0 spiro atoms. The lowest BCUT2D eigenvalue weighted by Crippen LogP contribution is -2.56. The molecule has 0 aliphatic heterocycles. The number of carbonyl (C=O) groups excluding carboxylic acids is 1. The number of thioether (sulfide) groups is 1. The van der Waals surface area contributed by atoms with Crippen molar-refractivity contribution in [1.29, 1.82) is 0 Å². The molecule has 1 aromatic carbocycles. The Balaban J connectivity index is 1.13. The molecule has 6 nitrogen and oxygen atoms in total. The van der Waals surface area contributed by atoms with Crippen molar-refractivity contribution in [3.05, 3.63) is 24.3 Å². The van der Waals surface area contributed by atoms with Gasteiger partial charge in [0.1, 0.15) is 5.75 Å². The maximum Gasteiger partial charge on any atom is 0.230 e. The predicted octanol–water partition coefficient (Wildman–Crippen LogP) is 5.49. The normalized spacial score (nSPS) is 29.0. The minimum Gasteiger partial charge on any atom is -0.492 e. The lowest BCUT2D eigenvalue weighted by Gasteiger charge is -2.59. The molecular formula is C24H32N4O2S2. The Morgan fingerprint density at radius 1 is 1.19 bits per heavy atom. The Morgan fingerprint density at radius 2 is 1.88 bits per heavy atom. The van der Waals surface area contributed by atoms with Crippen molar-refractivity contribution < 1.29 is 9.53 Å². The molecule has 0 radical (unpaired) electrons. The van der Waals surface area contributed by atoms with Crippen LogP contribution in [0.5, 0.6) is 5.75 Å². The molecule has 8 heteroatoms. The van der Waals surface area contributed by atoms with Crippen LogP contribution in [0.15, 0.2) is 28.6 Å². The summed E-state index contributed by atoms with van der Waals surface area (Å²) in [6, 6.07) is 8.04. The fourth-order valence-corrected chi connectivity index (χ4v) is 8.13. The van der Waals surface area contributed by atoms with E-state index in [0.717, 1.165) is 33.5 Å². The number of carbonyl (C=O) groups is 1. The molecule has 1 atom stereocenters. The monoisotopic (exact) mass is 472 g/mol. The van der Waals surface area contributed by atoms with Gasteiger partial charge in [0.25, 0.3) is 0 Å². The van der Waals surface area contributed by atoms with E-state index in [1.54, 1.807) is 0 Å². The van der Waals surface area contributed by atoms with Gasteiger partial charge < -0.3 is 15.4 Å². The Bertz CT molecular complexity index is 928. The summed E-state index contributed by atoms with van der Waals surface area (Å²) in [6.45, 7) is 4.80. The number of hydrogen-bond acceptors (Lipinski definition) is 7. The molecule has 1 heterocycles. The number of rotatable bonds is 9. The number of ether oxygens (including phenoxy) is 1. The summed E-state index contributed by atoms with van der Waals surface area (Å²) in [5, 5.41) is 15.8. The molecule has 32 heavy (non-hydrogen) atoms. The van der Waals surface area contributed by atoms with Crippen LogP contribution in [0.4, 0.5) is 10.8 Å². The molecule has 4 saturated carbocycles. The Labute approximate surface area is 198 Å². The van der Waals surface area contributed by atoms with Crippen LogP contribution in [0.3, 0.4) is 0 Å². The van der Waals surface area contributed by atoms with E-state index in [0.29, 0.717) is 22.9 Å². The van der Waals surface area contributed by atoms with Crippen LogP contribution in [0.2, 0.25) is 0 Å². The Morgan fingerprint density at radius 3 is 2.56 bits per heavy atom. The predicted molar refractivity (Wildman–Crippen MR) is 130 cm³/mol. The minimum absolute atomic E-state index is 0.102. The van der Waals surface area contributed by atoms with Gasteiger partial charge in [-0.2, -0.15) is 0 Å². The van der Waals surface area contributed by atoms with Crippen LogP contribution in [0.1, 0.15) is 52.4 Å². The maximum absolute atomic E-state index is 12.7. The highest BCUT2D eigenvalue weighted by molar-refractivity contribution is 8.01.